The van der Waals surface area contributed by atoms with Crippen LogP contribution in [0.3, 0.4) is 0 Å². The number of nitrogens with zero attached hydrogens (tertiary/aromatic N) is 2. The molecule has 1 saturated heterocycles. The Morgan fingerprint density at radius 2 is 1.76 bits per heavy atom. The van der Waals surface area contributed by atoms with Crippen molar-refractivity contribution < 1.29 is 23.8 Å². The highest BCUT2D eigenvalue weighted by molar-refractivity contribution is 6.51. The fourth-order valence-corrected chi connectivity index (χ4v) is 4.62. The molecule has 1 aromatic heterocycles. The van der Waals surface area contributed by atoms with Gasteiger partial charge in [0.05, 0.1) is 16.6 Å². The van der Waals surface area contributed by atoms with E-state index in [2.05, 4.69) is 4.98 Å². The van der Waals surface area contributed by atoms with Crippen molar-refractivity contribution in [2.75, 3.05) is 4.90 Å². The average molecular weight is 529 g/mol. The number of anilines is 1. The number of ether oxygens (including phenoxy) is 1. The third kappa shape index (κ3) is 4.76. The number of ketones is 1. The summed E-state index contributed by atoms with van der Waals surface area (Å²) in [6.07, 6.45) is 3.05. The molecule has 4 aromatic rings. The van der Waals surface area contributed by atoms with Gasteiger partial charge in [-0.25, -0.2) is 4.39 Å². The van der Waals surface area contributed by atoms with Gasteiger partial charge in [-0.1, -0.05) is 41.9 Å². The number of aliphatic hydroxyl groups excluding tert-OH is 1. The smallest absolute Gasteiger partial charge is 0.300 e. The molecule has 1 fully saturated rings. The summed E-state index contributed by atoms with van der Waals surface area (Å²) in [6, 6.07) is 20.8. The fourth-order valence-electron chi connectivity index (χ4n) is 4.44. The van der Waals surface area contributed by atoms with Crippen LogP contribution in [0, 0.1) is 12.7 Å². The van der Waals surface area contributed by atoms with Crippen LogP contribution in [0.4, 0.5) is 10.1 Å². The Kier molecular flexibility index (Phi) is 6.94. The van der Waals surface area contributed by atoms with Crippen LogP contribution >= 0.6 is 11.6 Å². The molecular weight excluding hydrogens is 507 g/mol. The number of carbonyl (C=O) groups is 2. The van der Waals surface area contributed by atoms with Gasteiger partial charge in [-0.05, 0) is 72.1 Å². The van der Waals surface area contributed by atoms with E-state index in [0.29, 0.717) is 23.5 Å². The van der Waals surface area contributed by atoms with E-state index in [1.807, 2.05) is 37.3 Å². The Bertz CT molecular complexity index is 1560. The quantitative estimate of drug-likeness (QED) is 0.178. The van der Waals surface area contributed by atoms with Gasteiger partial charge in [0.25, 0.3) is 11.7 Å². The largest absolute Gasteiger partial charge is 0.507 e. The van der Waals surface area contributed by atoms with Gasteiger partial charge >= 0.3 is 0 Å². The minimum atomic E-state index is -0.978. The number of hydrogen-bond acceptors (Lipinski definition) is 5. The number of halogens is 2. The summed E-state index contributed by atoms with van der Waals surface area (Å²) < 4.78 is 19.8. The zero-order valence-corrected chi connectivity index (χ0v) is 21.0. The van der Waals surface area contributed by atoms with Crippen LogP contribution in [0.5, 0.6) is 5.75 Å². The van der Waals surface area contributed by atoms with E-state index in [1.165, 1.54) is 29.4 Å². The predicted octanol–water partition coefficient (Wildman–Crippen LogP) is 6.39. The van der Waals surface area contributed by atoms with Crippen LogP contribution in [0.15, 0.2) is 96.8 Å². The second-order valence-corrected chi connectivity index (χ2v) is 9.21. The van der Waals surface area contributed by atoms with Crippen molar-refractivity contribution in [1.29, 1.82) is 0 Å². The predicted molar refractivity (Wildman–Crippen MR) is 142 cm³/mol. The highest BCUT2D eigenvalue weighted by Crippen LogP contribution is 2.43. The third-order valence-corrected chi connectivity index (χ3v) is 6.62. The molecule has 5 rings (SSSR count). The maximum absolute atomic E-state index is 13.9. The molecule has 0 spiro atoms. The van der Waals surface area contributed by atoms with E-state index < -0.39 is 23.5 Å². The lowest BCUT2D eigenvalue weighted by Crippen LogP contribution is -2.29. The second kappa shape index (κ2) is 10.5. The number of aromatic nitrogens is 1. The van der Waals surface area contributed by atoms with Gasteiger partial charge in [-0.3, -0.25) is 19.5 Å². The number of carbonyl (C=O) groups excluding carboxylic acids is 2. The van der Waals surface area contributed by atoms with Crippen molar-refractivity contribution in [2.45, 2.75) is 19.6 Å². The number of Topliss-reactive ketones (excluding diaryl/α,β-unsaturated/α-hetero) is 1. The number of pyridine rings is 1. The lowest BCUT2D eigenvalue weighted by Gasteiger charge is -2.25. The maximum Gasteiger partial charge on any atom is 0.300 e. The topological polar surface area (TPSA) is 79.7 Å². The minimum Gasteiger partial charge on any atom is -0.507 e. The molecule has 0 saturated carbocycles. The van der Waals surface area contributed by atoms with Crippen LogP contribution in [-0.2, 0) is 16.2 Å². The minimum absolute atomic E-state index is 0.0981. The molecule has 38 heavy (non-hydrogen) atoms. The summed E-state index contributed by atoms with van der Waals surface area (Å²) in [6.45, 7) is 2.21. The van der Waals surface area contributed by atoms with E-state index in [4.69, 9.17) is 16.3 Å². The van der Waals surface area contributed by atoms with Crippen LogP contribution in [0.1, 0.15) is 28.3 Å². The molecule has 1 atom stereocenters. The van der Waals surface area contributed by atoms with Crippen molar-refractivity contribution in [1.82, 2.24) is 4.98 Å². The molecule has 2 heterocycles. The maximum atomic E-state index is 13.9. The van der Waals surface area contributed by atoms with Gasteiger partial charge in [-0.15, -0.1) is 0 Å². The molecule has 6 nitrogen and oxygen atoms in total. The zero-order valence-electron chi connectivity index (χ0n) is 20.3. The molecular formula is C30H22ClFN2O4. The zero-order chi connectivity index (χ0) is 26.8. The molecule has 1 unspecified atom stereocenters. The number of benzene rings is 3. The van der Waals surface area contributed by atoms with Crippen LogP contribution < -0.4 is 9.64 Å². The lowest BCUT2D eigenvalue weighted by molar-refractivity contribution is -0.132. The van der Waals surface area contributed by atoms with Gasteiger partial charge in [0, 0.05) is 23.6 Å². The first-order chi connectivity index (χ1) is 18.3. The third-order valence-electron chi connectivity index (χ3n) is 6.33. The molecule has 3 aromatic carbocycles. The molecule has 1 aliphatic heterocycles. The van der Waals surface area contributed by atoms with Gasteiger partial charge < -0.3 is 9.84 Å². The van der Waals surface area contributed by atoms with Gasteiger partial charge in [-0.2, -0.15) is 0 Å². The molecule has 1 N–H and O–H groups in total. The van der Waals surface area contributed by atoms with E-state index in [-0.39, 0.29) is 22.0 Å². The van der Waals surface area contributed by atoms with Crippen LogP contribution in [0.2, 0.25) is 5.02 Å². The van der Waals surface area contributed by atoms with Crippen molar-refractivity contribution in [3.05, 3.63) is 130 Å². The molecule has 8 heteroatoms. The monoisotopic (exact) mass is 528 g/mol. The number of amides is 1. The van der Waals surface area contributed by atoms with E-state index in [1.54, 1.807) is 30.3 Å². The molecule has 190 valence electrons. The summed E-state index contributed by atoms with van der Waals surface area (Å²) in [7, 11) is 0. The first kappa shape index (κ1) is 25.2. The van der Waals surface area contributed by atoms with Crippen molar-refractivity contribution in [3.8, 4) is 5.75 Å². The van der Waals surface area contributed by atoms with Gasteiger partial charge in [0.1, 0.15) is 23.9 Å². The first-order valence-corrected chi connectivity index (χ1v) is 12.2. The highest BCUT2D eigenvalue weighted by atomic mass is 35.5. The lowest BCUT2D eigenvalue weighted by atomic mass is 9.95. The first-order valence-electron chi connectivity index (χ1n) is 11.8. The van der Waals surface area contributed by atoms with Crippen molar-refractivity contribution >= 4 is 34.7 Å². The Hall–Kier alpha value is -4.49. The normalized spacial score (nSPS) is 16.6. The summed E-state index contributed by atoms with van der Waals surface area (Å²) in [5, 5.41) is 11.2. The van der Waals surface area contributed by atoms with Gasteiger partial charge in [0.2, 0.25) is 0 Å². The highest BCUT2D eigenvalue weighted by Gasteiger charge is 2.47. The Morgan fingerprint density at radius 1 is 1.03 bits per heavy atom. The van der Waals surface area contributed by atoms with E-state index >= 15 is 0 Å². The van der Waals surface area contributed by atoms with Crippen LogP contribution in [0.25, 0.3) is 5.76 Å². The molecule has 0 aliphatic carbocycles. The van der Waals surface area contributed by atoms with Crippen molar-refractivity contribution in [2.24, 2.45) is 0 Å². The fraction of sp³-hybridized carbons (Fsp3) is 0.100. The van der Waals surface area contributed by atoms with Crippen molar-refractivity contribution in [3.63, 3.8) is 0 Å². The average Bonchev–Trinajstić information content (AvgIpc) is 3.20. The summed E-state index contributed by atoms with van der Waals surface area (Å²) in [4.78, 5) is 31.7. The summed E-state index contributed by atoms with van der Waals surface area (Å²) in [5.41, 5.74) is 2.77. The number of aryl methyl sites for hydroxylation is 1. The standard InChI is InChI=1S/C30H22ClFN2O4/c1-18-15-21(7-10-25(18)38-17-19-5-3-2-4-6-19)28(35)26-27(20-11-13-33-14-12-20)34(30(37)29(26)36)22-8-9-24(32)23(31)16-22/h2-16,27,35H,17H2,1H3/b28-26+. The SMILES string of the molecule is Cc1cc(/C(O)=C2\C(=O)C(=O)N(c3ccc(F)c(Cl)c3)C2c2ccncc2)ccc1OCc1ccccc1. The summed E-state index contributed by atoms with van der Waals surface area (Å²) in [5.74, 6) is -2.10. The Balaban J connectivity index is 1.55. The Labute approximate surface area is 223 Å². The molecule has 1 aliphatic rings. The molecule has 1 amide bonds. The molecule has 0 radical (unpaired) electrons. The van der Waals surface area contributed by atoms with Gasteiger partial charge in [0.15, 0.2) is 0 Å². The summed E-state index contributed by atoms with van der Waals surface area (Å²) >= 11 is 5.98. The van der Waals surface area contributed by atoms with Crippen LogP contribution in [-0.4, -0.2) is 21.8 Å². The van der Waals surface area contributed by atoms with E-state index in [0.717, 1.165) is 17.2 Å². The number of hydrogen-bond donors (Lipinski definition) is 1. The van der Waals surface area contributed by atoms with E-state index in [9.17, 15) is 19.1 Å². The number of aliphatic hydroxyl groups is 1. The molecule has 0 bridgehead atoms. The Morgan fingerprint density at radius 3 is 2.45 bits per heavy atom. The number of rotatable bonds is 6. The second-order valence-electron chi connectivity index (χ2n) is 8.80.